The summed E-state index contributed by atoms with van der Waals surface area (Å²) < 4.78 is 5.08. The van der Waals surface area contributed by atoms with Crippen molar-refractivity contribution in [2.24, 2.45) is 0 Å². The first-order valence-corrected chi connectivity index (χ1v) is 5.90. The molecule has 0 fully saturated rings. The van der Waals surface area contributed by atoms with Gasteiger partial charge in [-0.05, 0) is 24.8 Å². The van der Waals surface area contributed by atoms with Crippen LogP contribution in [0.1, 0.15) is 36.1 Å². The van der Waals surface area contributed by atoms with Crippen LogP contribution in [0.2, 0.25) is 0 Å². The summed E-state index contributed by atoms with van der Waals surface area (Å²) in [6.07, 6.45) is 3.64. The SMILES string of the molecule is Cc1nc(C(O)CCCc2ccccc2)co1. The molecule has 0 aliphatic carbocycles. The second-order valence-electron chi connectivity index (χ2n) is 4.19. The van der Waals surface area contributed by atoms with Crippen LogP contribution in [0.25, 0.3) is 0 Å². The van der Waals surface area contributed by atoms with Crippen LogP contribution >= 0.6 is 0 Å². The van der Waals surface area contributed by atoms with Gasteiger partial charge >= 0.3 is 0 Å². The normalized spacial score (nSPS) is 12.6. The van der Waals surface area contributed by atoms with E-state index in [1.54, 1.807) is 6.92 Å². The van der Waals surface area contributed by atoms with Gasteiger partial charge in [-0.15, -0.1) is 0 Å². The van der Waals surface area contributed by atoms with Crippen LogP contribution in [0, 0.1) is 6.92 Å². The van der Waals surface area contributed by atoms with E-state index in [0.717, 1.165) is 12.8 Å². The maximum absolute atomic E-state index is 9.89. The van der Waals surface area contributed by atoms with Gasteiger partial charge in [-0.1, -0.05) is 30.3 Å². The Morgan fingerprint density at radius 1 is 1.29 bits per heavy atom. The summed E-state index contributed by atoms with van der Waals surface area (Å²) in [4.78, 5) is 4.12. The summed E-state index contributed by atoms with van der Waals surface area (Å²) in [6, 6.07) is 10.3. The van der Waals surface area contributed by atoms with Gasteiger partial charge in [0.15, 0.2) is 5.89 Å². The standard InChI is InChI=1S/C14H17NO2/c1-11-15-13(10-17-11)14(16)9-5-8-12-6-3-2-4-7-12/h2-4,6-7,10,14,16H,5,8-9H2,1H3. The van der Waals surface area contributed by atoms with Crippen molar-refractivity contribution in [1.29, 1.82) is 0 Å². The molecule has 2 aromatic rings. The van der Waals surface area contributed by atoms with E-state index in [0.29, 0.717) is 18.0 Å². The van der Waals surface area contributed by atoms with E-state index in [2.05, 4.69) is 17.1 Å². The number of aliphatic hydroxyl groups is 1. The minimum Gasteiger partial charge on any atom is -0.449 e. The highest BCUT2D eigenvalue weighted by Gasteiger charge is 2.11. The van der Waals surface area contributed by atoms with Gasteiger partial charge in [-0.2, -0.15) is 0 Å². The fourth-order valence-electron chi connectivity index (χ4n) is 1.83. The number of oxazole rings is 1. The molecule has 0 spiro atoms. The number of aryl methyl sites for hydroxylation is 2. The van der Waals surface area contributed by atoms with E-state index < -0.39 is 6.10 Å². The van der Waals surface area contributed by atoms with Crippen LogP contribution in [0.3, 0.4) is 0 Å². The summed E-state index contributed by atoms with van der Waals surface area (Å²) in [6.45, 7) is 1.78. The van der Waals surface area contributed by atoms with Crippen molar-refractivity contribution >= 4 is 0 Å². The Balaban J connectivity index is 1.79. The molecule has 2 rings (SSSR count). The lowest BCUT2D eigenvalue weighted by Crippen LogP contribution is -1.99. The van der Waals surface area contributed by atoms with E-state index in [1.807, 2.05) is 18.2 Å². The summed E-state index contributed by atoms with van der Waals surface area (Å²) in [5, 5.41) is 9.89. The average molecular weight is 231 g/mol. The molecule has 1 N–H and O–H groups in total. The molecule has 0 aliphatic rings. The zero-order valence-corrected chi connectivity index (χ0v) is 9.97. The van der Waals surface area contributed by atoms with Crippen LogP contribution in [-0.4, -0.2) is 10.1 Å². The summed E-state index contributed by atoms with van der Waals surface area (Å²) in [7, 11) is 0. The Labute approximate surface area is 101 Å². The molecule has 1 atom stereocenters. The fourth-order valence-corrected chi connectivity index (χ4v) is 1.83. The zero-order valence-electron chi connectivity index (χ0n) is 9.97. The predicted octanol–water partition coefficient (Wildman–Crippen LogP) is 3.04. The van der Waals surface area contributed by atoms with E-state index >= 15 is 0 Å². The van der Waals surface area contributed by atoms with Crippen molar-refractivity contribution in [2.75, 3.05) is 0 Å². The average Bonchev–Trinajstić information content (AvgIpc) is 2.77. The molecule has 3 heteroatoms. The van der Waals surface area contributed by atoms with Gasteiger partial charge in [0.1, 0.15) is 12.0 Å². The number of aliphatic hydroxyl groups excluding tert-OH is 1. The largest absolute Gasteiger partial charge is 0.449 e. The molecule has 1 heterocycles. The third-order valence-electron chi connectivity index (χ3n) is 2.76. The molecule has 0 amide bonds. The quantitative estimate of drug-likeness (QED) is 0.860. The van der Waals surface area contributed by atoms with Crippen LogP contribution in [0.15, 0.2) is 41.0 Å². The van der Waals surface area contributed by atoms with Crippen LogP contribution < -0.4 is 0 Å². The van der Waals surface area contributed by atoms with Crippen molar-refractivity contribution in [3.8, 4) is 0 Å². The molecular formula is C14H17NO2. The van der Waals surface area contributed by atoms with Gasteiger partial charge in [-0.3, -0.25) is 0 Å². The number of rotatable bonds is 5. The Hall–Kier alpha value is -1.61. The highest BCUT2D eigenvalue weighted by molar-refractivity contribution is 5.14. The maximum Gasteiger partial charge on any atom is 0.191 e. The fraction of sp³-hybridized carbons (Fsp3) is 0.357. The van der Waals surface area contributed by atoms with Gasteiger partial charge < -0.3 is 9.52 Å². The van der Waals surface area contributed by atoms with E-state index in [1.165, 1.54) is 11.8 Å². The van der Waals surface area contributed by atoms with E-state index in [-0.39, 0.29) is 0 Å². The van der Waals surface area contributed by atoms with Crippen LogP contribution in [0.4, 0.5) is 0 Å². The predicted molar refractivity (Wildman–Crippen MR) is 65.6 cm³/mol. The molecule has 0 aliphatic heterocycles. The third kappa shape index (κ3) is 3.43. The molecule has 0 saturated carbocycles. The molecule has 17 heavy (non-hydrogen) atoms. The summed E-state index contributed by atoms with van der Waals surface area (Å²) in [5.74, 6) is 0.599. The molecule has 1 aromatic heterocycles. The second kappa shape index (κ2) is 5.64. The van der Waals surface area contributed by atoms with E-state index in [4.69, 9.17) is 4.42 Å². The minimum atomic E-state index is -0.517. The lowest BCUT2D eigenvalue weighted by molar-refractivity contribution is 0.160. The van der Waals surface area contributed by atoms with Crippen LogP contribution in [0.5, 0.6) is 0 Å². The van der Waals surface area contributed by atoms with Gasteiger partial charge in [0.2, 0.25) is 0 Å². The molecule has 1 unspecified atom stereocenters. The number of hydrogen-bond donors (Lipinski definition) is 1. The molecule has 0 radical (unpaired) electrons. The lowest BCUT2D eigenvalue weighted by atomic mass is 10.1. The first kappa shape index (κ1) is 11.9. The first-order valence-electron chi connectivity index (χ1n) is 5.90. The van der Waals surface area contributed by atoms with Crippen LogP contribution in [-0.2, 0) is 6.42 Å². The topological polar surface area (TPSA) is 46.3 Å². The van der Waals surface area contributed by atoms with Gasteiger partial charge in [0, 0.05) is 6.92 Å². The molecular weight excluding hydrogens is 214 g/mol. The van der Waals surface area contributed by atoms with Crippen molar-refractivity contribution in [3.05, 3.63) is 53.7 Å². The second-order valence-corrected chi connectivity index (χ2v) is 4.19. The number of benzene rings is 1. The monoisotopic (exact) mass is 231 g/mol. The molecule has 0 bridgehead atoms. The Morgan fingerprint density at radius 3 is 2.71 bits per heavy atom. The van der Waals surface area contributed by atoms with Crippen molar-refractivity contribution in [2.45, 2.75) is 32.3 Å². The Morgan fingerprint density at radius 2 is 2.06 bits per heavy atom. The highest BCUT2D eigenvalue weighted by Crippen LogP contribution is 2.18. The number of aromatic nitrogens is 1. The van der Waals surface area contributed by atoms with E-state index in [9.17, 15) is 5.11 Å². The molecule has 1 aromatic carbocycles. The smallest absolute Gasteiger partial charge is 0.191 e. The lowest BCUT2D eigenvalue weighted by Gasteiger charge is -2.06. The Bertz CT molecular complexity index is 450. The molecule has 90 valence electrons. The number of nitrogens with zero attached hydrogens (tertiary/aromatic N) is 1. The molecule has 3 nitrogen and oxygen atoms in total. The first-order chi connectivity index (χ1) is 8.25. The number of hydrogen-bond acceptors (Lipinski definition) is 3. The van der Waals surface area contributed by atoms with Gasteiger partial charge in [-0.25, -0.2) is 4.98 Å². The minimum absolute atomic E-state index is 0.517. The van der Waals surface area contributed by atoms with Crippen molar-refractivity contribution < 1.29 is 9.52 Å². The Kier molecular flexibility index (Phi) is 3.94. The maximum atomic E-state index is 9.89. The molecule has 0 saturated heterocycles. The van der Waals surface area contributed by atoms with Crippen molar-refractivity contribution in [1.82, 2.24) is 4.98 Å². The summed E-state index contributed by atoms with van der Waals surface area (Å²) in [5.41, 5.74) is 1.94. The van der Waals surface area contributed by atoms with Gasteiger partial charge in [0.25, 0.3) is 0 Å². The zero-order chi connectivity index (χ0) is 12.1. The summed E-state index contributed by atoms with van der Waals surface area (Å²) >= 11 is 0. The highest BCUT2D eigenvalue weighted by atomic mass is 16.3. The third-order valence-corrected chi connectivity index (χ3v) is 2.76. The van der Waals surface area contributed by atoms with Crippen molar-refractivity contribution in [3.63, 3.8) is 0 Å². The van der Waals surface area contributed by atoms with Gasteiger partial charge in [0.05, 0.1) is 6.10 Å².